The number of hydrogen-bond donors (Lipinski definition) is 0. The van der Waals surface area contributed by atoms with Gasteiger partial charge in [-0.05, 0) is 29.0 Å². The predicted octanol–water partition coefficient (Wildman–Crippen LogP) is 5.95. The summed E-state index contributed by atoms with van der Waals surface area (Å²) in [6.45, 7) is 0. The molecule has 0 aliphatic heterocycles. The van der Waals surface area contributed by atoms with Crippen LogP contribution in [0.25, 0.3) is 21.5 Å². The van der Waals surface area contributed by atoms with Crippen molar-refractivity contribution in [3.63, 3.8) is 0 Å². The minimum absolute atomic E-state index is 0.524. The van der Waals surface area contributed by atoms with Crippen LogP contribution in [0, 0.1) is 0 Å². The highest BCUT2D eigenvalue weighted by atomic mass is 35.5. The largest absolute Gasteiger partial charge is 0.0830 e. The molecule has 0 aliphatic carbocycles. The van der Waals surface area contributed by atoms with Crippen LogP contribution < -0.4 is 0 Å². The molecule has 0 nitrogen and oxygen atoms in total. The average molecular weight is 282 g/mol. The van der Waals surface area contributed by atoms with E-state index in [0.717, 1.165) is 26.6 Å². The number of hydrogen-bond acceptors (Lipinski definition) is 0. The van der Waals surface area contributed by atoms with E-state index in [4.69, 9.17) is 34.8 Å². The molecule has 0 saturated heterocycles. The Kier molecular flexibility index (Phi) is 2.67. The normalized spacial score (nSPS) is 11.2. The van der Waals surface area contributed by atoms with E-state index in [-0.39, 0.29) is 0 Å². The SMILES string of the molecule is Clc1cc2cc3ccccc3c(Cl)c2cc1Cl. The maximum absolute atomic E-state index is 6.40. The molecule has 0 radical (unpaired) electrons. The first kappa shape index (κ1) is 11.2. The maximum Gasteiger partial charge on any atom is 0.0599 e. The summed E-state index contributed by atoms with van der Waals surface area (Å²) in [4.78, 5) is 0. The zero-order chi connectivity index (χ0) is 12.0. The summed E-state index contributed by atoms with van der Waals surface area (Å²) in [6.07, 6.45) is 0. The van der Waals surface area contributed by atoms with Crippen LogP contribution >= 0.6 is 34.8 Å². The van der Waals surface area contributed by atoms with Crippen molar-refractivity contribution in [2.24, 2.45) is 0 Å². The van der Waals surface area contributed by atoms with Crippen molar-refractivity contribution < 1.29 is 0 Å². The Bertz CT molecular complexity index is 732. The standard InChI is InChI=1S/C14H7Cl3/c15-12-6-9-5-8-3-1-2-4-10(8)14(17)11(9)7-13(12)16/h1-7H. The molecule has 0 unspecified atom stereocenters. The van der Waals surface area contributed by atoms with Gasteiger partial charge in [0.15, 0.2) is 0 Å². The van der Waals surface area contributed by atoms with Crippen molar-refractivity contribution in [2.45, 2.75) is 0 Å². The van der Waals surface area contributed by atoms with Crippen molar-refractivity contribution in [2.75, 3.05) is 0 Å². The van der Waals surface area contributed by atoms with E-state index in [1.54, 1.807) is 0 Å². The quantitative estimate of drug-likeness (QED) is 0.446. The van der Waals surface area contributed by atoms with Gasteiger partial charge in [-0.3, -0.25) is 0 Å². The van der Waals surface area contributed by atoms with Crippen molar-refractivity contribution in [1.82, 2.24) is 0 Å². The highest BCUT2D eigenvalue weighted by Gasteiger charge is 2.08. The minimum Gasteiger partial charge on any atom is -0.0830 e. The Hall–Kier alpha value is -0.950. The van der Waals surface area contributed by atoms with Crippen LogP contribution in [0.4, 0.5) is 0 Å². The molecule has 17 heavy (non-hydrogen) atoms. The summed E-state index contributed by atoms with van der Waals surface area (Å²) in [6, 6.07) is 13.7. The molecule has 0 bridgehead atoms. The molecule has 0 N–H and O–H groups in total. The van der Waals surface area contributed by atoms with E-state index in [1.807, 2.05) is 36.4 Å². The van der Waals surface area contributed by atoms with Crippen LogP contribution in [0.3, 0.4) is 0 Å². The summed E-state index contributed by atoms with van der Waals surface area (Å²) in [5.74, 6) is 0. The van der Waals surface area contributed by atoms with Gasteiger partial charge in [-0.15, -0.1) is 0 Å². The van der Waals surface area contributed by atoms with Crippen molar-refractivity contribution in [3.05, 3.63) is 57.5 Å². The maximum atomic E-state index is 6.40. The first-order chi connectivity index (χ1) is 8.16. The molecular weight excluding hydrogens is 275 g/mol. The third-order valence-electron chi connectivity index (χ3n) is 2.84. The Morgan fingerprint density at radius 1 is 0.647 bits per heavy atom. The fourth-order valence-electron chi connectivity index (χ4n) is 2.01. The Balaban J connectivity index is 2.55. The monoisotopic (exact) mass is 280 g/mol. The third-order valence-corrected chi connectivity index (χ3v) is 3.97. The zero-order valence-corrected chi connectivity index (χ0v) is 10.9. The second-order valence-electron chi connectivity index (χ2n) is 3.90. The van der Waals surface area contributed by atoms with E-state index in [2.05, 4.69) is 6.07 Å². The fraction of sp³-hybridized carbons (Fsp3) is 0. The molecule has 3 rings (SSSR count). The van der Waals surface area contributed by atoms with Gasteiger partial charge in [0.25, 0.3) is 0 Å². The second-order valence-corrected chi connectivity index (χ2v) is 5.09. The fourth-order valence-corrected chi connectivity index (χ4v) is 2.68. The zero-order valence-electron chi connectivity index (χ0n) is 8.68. The van der Waals surface area contributed by atoms with Crippen LogP contribution in [-0.4, -0.2) is 0 Å². The predicted molar refractivity (Wildman–Crippen MR) is 76.5 cm³/mol. The molecule has 0 saturated carbocycles. The van der Waals surface area contributed by atoms with E-state index >= 15 is 0 Å². The van der Waals surface area contributed by atoms with Crippen LogP contribution in [0.5, 0.6) is 0 Å². The van der Waals surface area contributed by atoms with Gasteiger partial charge < -0.3 is 0 Å². The molecule has 3 aromatic carbocycles. The van der Waals surface area contributed by atoms with Crippen LogP contribution in [0.1, 0.15) is 0 Å². The first-order valence-electron chi connectivity index (χ1n) is 5.13. The molecule has 0 atom stereocenters. The lowest BCUT2D eigenvalue weighted by Gasteiger charge is -2.07. The van der Waals surface area contributed by atoms with Gasteiger partial charge in [-0.1, -0.05) is 59.1 Å². The lowest BCUT2D eigenvalue weighted by molar-refractivity contribution is 1.76. The summed E-state index contributed by atoms with van der Waals surface area (Å²) in [5, 5.41) is 5.85. The molecular formula is C14H7Cl3. The molecule has 0 aliphatic rings. The summed E-state index contributed by atoms with van der Waals surface area (Å²) >= 11 is 18.4. The second kappa shape index (κ2) is 4.06. The summed E-state index contributed by atoms with van der Waals surface area (Å²) < 4.78 is 0. The average Bonchev–Trinajstić information content (AvgIpc) is 2.32. The van der Waals surface area contributed by atoms with Crippen LogP contribution in [0.15, 0.2) is 42.5 Å². The molecule has 0 amide bonds. The molecule has 0 spiro atoms. The Morgan fingerprint density at radius 3 is 2.18 bits per heavy atom. The van der Waals surface area contributed by atoms with Crippen LogP contribution in [-0.2, 0) is 0 Å². The van der Waals surface area contributed by atoms with Crippen molar-refractivity contribution in [1.29, 1.82) is 0 Å². The topological polar surface area (TPSA) is 0 Å². The number of benzene rings is 3. The van der Waals surface area contributed by atoms with Gasteiger partial charge in [-0.25, -0.2) is 0 Å². The lowest BCUT2D eigenvalue weighted by Crippen LogP contribution is -1.80. The summed E-state index contributed by atoms with van der Waals surface area (Å²) in [5.41, 5.74) is 0. The summed E-state index contributed by atoms with van der Waals surface area (Å²) in [7, 11) is 0. The smallest absolute Gasteiger partial charge is 0.0599 e. The molecule has 0 aromatic heterocycles. The van der Waals surface area contributed by atoms with Crippen molar-refractivity contribution >= 4 is 56.3 Å². The van der Waals surface area contributed by atoms with E-state index in [9.17, 15) is 0 Å². The molecule has 0 heterocycles. The highest BCUT2D eigenvalue weighted by molar-refractivity contribution is 6.45. The van der Waals surface area contributed by atoms with E-state index in [0.29, 0.717) is 10.0 Å². The number of halogens is 3. The van der Waals surface area contributed by atoms with Gasteiger partial charge >= 0.3 is 0 Å². The Morgan fingerprint density at radius 2 is 1.35 bits per heavy atom. The molecule has 3 aromatic rings. The lowest BCUT2D eigenvalue weighted by atomic mass is 10.0. The van der Waals surface area contributed by atoms with Crippen LogP contribution in [0.2, 0.25) is 15.1 Å². The van der Waals surface area contributed by atoms with Gasteiger partial charge in [-0.2, -0.15) is 0 Å². The molecule has 84 valence electrons. The van der Waals surface area contributed by atoms with Crippen molar-refractivity contribution in [3.8, 4) is 0 Å². The molecule has 3 heteroatoms. The van der Waals surface area contributed by atoms with Gasteiger partial charge in [0.1, 0.15) is 0 Å². The molecule has 0 fully saturated rings. The first-order valence-corrected chi connectivity index (χ1v) is 6.26. The number of rotatable bonds is 0. The van der Waals surface area contributed by atoms with Gasteiger partial charge in [0.05, 0.1) is 15.1 Å². The van der Waals surface area contributed by atoms with E-state index in [1.165, 1.54) is 0 Å². The van der Waals surface area contributed by atoms with Gasteiger partial charge in [0, 0.05) is 10.8 Å². The Labute approximate surface area is 114 Å². The minimum atomic E-state index is 0.524. The number of fused-ring (bicyclic) bond motifs is 2. The third kappa shape index (κ3) is 1.77. The highest BCUT2D eigenvalue weighted by Crippen LogP contribution is 2.36. The van der Waals surface area contributed by atoms with E-state index < -0.39 is 0 Å². The van der Waals surface area contributed by atoms with Gasteiger partial charge in [0.2, 0.25) is 0 Å².